The predicted molar refractivity (Wildman–Crippen MR) is 138 cm³/mol. The van der Waals surface area contributed by atoms with Gasteiger partial charge in [0.25, 0.3) is 0 Å². The maximum atomic E-state index is 13.2. The molecule has 1 fully saturated rings. The fourth-order valence-electron chi connectivity index (χ4n) is 4.68. The van der Waals surface area contributed by atoms with E-state index in [1.54, 1.807) is 19.2 Å². The molecule has 0 unspecified atom stereocenters. The molecule has 4 aromatic carbocycles. The third-order valence-corrected chi connectivity index (χ3v) is 8.66. The lowest BCUT2D eigenvalue weighted by Crippen LogP contribution is -2.42. The number of rotatable bonds is 6. The first-order valence-electron chi connectivity index (χ1n) is 11.8. The molecule has 1 aliphatic heterocycles. The topological polar surface area (TPSA) is 75.7 Å². The first-order valence-corrected chi connectivity index (χ1v) is 13.2. The molecule has 35 heavy (non-hydrogen) atoms. The average molecular weight is 489 g/mol. The van der Waals surface area contributed by atoms with Gasteiger partial charge in [-0.1, -0.05) is 48.5 Å². The second-order valence-electron chi connectivity index (χ2n) is 8.95. The highest BCUT2D eigenvalue weighted by molar-refractivity contribution is 7.89. The van der Waals surface area contributed by atoms with Crippen molar-refractivity contribution >= 4 is 37.5 Å². The van der Waals surface area contributed by atoms with Crippen LogP contribution in [0.2, 0.25) is 0 Å². The Labute approximate surface area is 205 Å². The number of nitrogens with one attached hydrogen (secondary N) is 1. The highest BCUT2D eigenvalue weighted by Crippen LogP contribution is 2.27. The molecule has 0 saturated carbocycles. The summed E-state index contributed by atoms with van der Waals surface area (Å²) in [6, 6.07) is 24.9. The van der Waals surface area contributed by atoms with Crippen molar-refractivity contribution in [2.24, 2.45) is 5.92 Å². The van der Waals surface area contributed by atoms with E-state index >= 15 is 0 Å². The smallest absolute Gasteiger partial charge is 0.243 e. The number of carbonyl (C=O) groups excluding carboxylic acids is 1. The molecule has 0 aliphatic carbocycles. The molecule has 4 aromatic rings. The van der Waals surface area contributed by atoms with Crippen molar-refractivity contribution < 1.29 is 17.9 Å². The molecule has 1 saturated heterocycles. The number of piperidine rings is 1. The first-order chi connectivity index (χ1) is 16.9. The number of carbonyl (C=O) groups is 1. The number of ether oxygens (including phenoxy) is 1. The minimum atomic E-state index is -3.59. The summed E-state index contributed by atoms with van der Waals surface area (Å²) in [6.07, 6.45) is 1.02. The zero-order chi connectivity index (χ0) is 24.4. The van der Waals surface area contributed by atoms with E-state index in [0.717, 1.165) is 32.9 Å². The lowest BCUT2D eigenvalue weighted by atomic mass is 9.97. The van der Waals surface area contributed by atoms with Crippen LogP contribution in [0.5, 0.6) is 5.75 Å². The van der Waals surface area contributed by atoms with Gasteiger partial charge in [-0.15, -0.1) is 0 Å². The van der Waals surface area contributed by atoms with Crippen molar-refractivity contribution in [3.63, 3.8) is 0 Å². The van der Waals surface area contributed by atoms with Gasteiger partial charge >= 0.3 is 0 Å². The largest absolute Gasteiger partial charge is 0.497 e. The SMILES string of the molecule is COc1ccc2cc(CNC(=O)C3CCN(S(=O)(=O)c4ccc5ccccc5c4)CC3)ccc2c1. The van der Waals surface area contributed by atoms with Crippen molar-refractivity contribution in [3.05, 3.63) is 84.4 Å². The minimum absolute atomic E-state index is 0.0254. The average Bonchev–Trinajstić information content (AvgIpc) is 2.91. The van der Waals surface area contributed by atoms with Crippen LogP contribution in [0.1, 0.15) is 18.4 Å². The Balaban J connectivity index is 1.19. The Morgan fingerprint density at radius 2 is 1.54 bits per heavy atom. The monoisotopic (exact) mass is 488 g/mol. The van der Waals surface area contributed by atoms with E-state index in [9.17, 15) is 13.2 Å². The predicted octanol–water partition coefficient (Wildman–Crippen LogP) is 4.72. The van der Waals surface area contributed by atoms with Crippen LogP contribution in [-0.4, -0.2) is 38.8 Å². The van der Waals surface area contributed by atoms with Gasteiger partial charge in [-0.25, -0.2) is 8.42 Å². The molecule has 180 valence electrons. The van der Waals surface area contributed by atoms with Crippen molar-refractivity contribution in [1.82, 2.24) is 9.62 Å². The Kier molecular flexibility index (Phi) is 6.45. The summed E-state index contributed by atoms with van der Waals surface area (Å²) in [5.74, 6) is 0.595. The number of sulfonamides is 1. The van der Waals surface area contributed by atoms with Crippen molar-refractivity contribution in [3.8, 4) is 5.75 Å². The first kappa shape index (κ1) is 23.3. The Morgan fingerprint density at radius 1 is 0.886 bits per heavy atom. The summed E-state index contributed by atoms with van der Waals surface area (Å²) in [5.41, 5.74) is 1.02. The Hall–Kier alpha value is -3.42. The second kappa shape index (κ2) is 9.68. The van der Waals surface area contributed by atoms with Gasteiger partial charge in [-0.2, -0.15) is 4.31 Å². The minimum Gasteiger partial charge on any atom is -0.497 e. The number of amides is 1. The van der Waals surface area contributed by atoms with Gasteiger partial charge in [0.2, 0.25) is 15.9 Å². The van der Waals surface area contributed by atoms with Gasteiger partial charge in [-0.3, -0.25) is 4.79 Å². The molecule has 6 nitrogen and oxygen atoms in total. The molecule has 1 N–H and O–H groups in total. The van der Waals surface area contributed by atoms with Crippen LogP contribution in [0.3, 0.4) is 0 Å². The third kappa shape index (κ3) is 4.88. The second-order valence-corrected chi connectivity index (χ2v) is 10.9. The Bertz CT molecular complexity index is 1490. The highest BCUT2D eigenvalue weighted by Gasteiger charge is 2.32. The number of methoxy groups -OCH3 is 1. The maximum Gasteiger partial charge on any atom is 0.243 e. The fourth-order valence-corrected chi connectivity index (χ4v) is 6.18. The number of benzene rings is 4. The summed E-state index contributed by atoms with van der Waals surface area (Å²) in [5, 5.41) is 7.11. The van der Waals surface area contributed by atoms with Gasteiger partial charge < -0.3 is 10.1 Å². The van der Waals surface area contributed by atoms with Crippen molar-refractivity contribution in [2.75, 3.05) is 20.2 Å². The van der Waals surface area contributed by atoms with E-state index in [2.05, 4.69) is 11.4 Å². The summed E-state index contributed by atoms with van der Waals surface area (Å²) >= 11 is 0. The van der Waals surface area contributed by atoms with E-state index in [1.165, 1.54) is 4.31 Å². The number of hydrogen-bond donors (Lipinski definition) is 1. The molecular formula is C28H28N2O4S. The van der Waals surface area contributed by atoms with Crippen molar-refractivity contribution in [2.45, 2.75) is 24.3 Å². The summed E-state index contributed by atoms with van der Waals surface area (Å²) < 4.78 is 33.1. The molecule has 7 heteroatoms. The maximum absolute atomic E-state index is 13.2. The molecular weight excluding hydrogens is 460 g/mol. The summed E-state index contributed by atoms with van der Waals surface area (Å²) in [6.45, 7) is 1.12. The van der Waals surface area contributed by atoms with Crippen LogP contribution in [0, 0.1) is 5.92 Å². The molecule has 5 rings (SSSR count). The zero-order valence-corrected chi connectivity index (χ0v) is 20.4. The van der Waals surface area contributed by atoms with E-state index in [0.29, 0.717) is 37.4 Å². The molecule has 0 bridgehead atoms. The van der Waals surface area contributed by atoms with Crippen LogP contribution in [0.15, 0.2) is 83.8 Å². The molecule has 0 atom stereocenters. The van der Waals surface area contributed by atoms with Gasteiger partial charge in [0.1, 0.15) is 5.75 Å². The van der Waals surface area contributed by atoms with Crippen molar-refractivity contribution in [1.29, 1.82) is 0 Å². The molecule has 1 amide bonds. The van der Waals surface area contributed by atoms with E-state index in [1.807, 2.05) is 60.7 Å². The normalized spacial score (nSPS) is 15.3. The lowest BCUT2D eigenvalue weighted by Gasteiger charge is -2.30. The lowest BCUT2D eigenvalue weighted by molar-refractivity contribution is -0.126. The zero-order valence-electron chi connectivity index (χ0n) is 19.6. The van der Waals surface area contributed by atoms with Gasteiger partial charge in [0.15, 0.2) is 0 Å². The van der Waals surface area contributed by atoms with Crippen LogP contribution >= 0.6 is 0 Å². The van der Waals surface area contributed by atoms with Crippen LogP contribution in [0.25, 0.3) is 21.5 Å². The molecule has 0 radical (unpaired) electrons. The van der Waals surface area contributed by atoms with Crippen LogP contribution in [0.4, 0.5) is 0 Å². The molecule has 1 heterocycles. The molecule has 1 aliphatic rings. The molecule has 0 spiro atoms. The molecule has 0 aromatic heterocycles. The van der Waals surface area contributed by atoms with E-state index < -0.39 is 10.0 Å². The highest BCUT2D eigenvalue weighted by atomic mass is 32.2. The summed E-state index contributed by atoms with van der Waals surface area (Å²) in [7, 11) is -1.94. The van der Waals surface area contributed by atoms with Crippen LogP contribution < -0.4 is 10.1 Å². The van der Waals surface area contributed by atoms with Gasteiger partial charge in [0, 0.05) is 25.6 Å². The van der Waals surface area contributed by atoms with E-state index in [4.69, 9.17) is 4.74 Å². The standard InChI is InChI=1S/C28H28N2O4S/c1-34-26-10-8-24-16-20(6-7-25(24)17-26)19-29-28(31)22-12-14-30(15-13-22)35(32,33)27-11-9-21-4-2-3-5-23(21)18-27/h2-11,16-18,22H,12-15,19H2,1H3,(H,29,31). The van der Waals surface area contributed by atoms with Gasteiger partial charge in [0.05, 0.1) is 12.0 Å². The van der Waals surface area contributed by atoms with E-state index in [-0.39, 0.29) is 11.8 Å². The fraction of sp³-hybridized carbons (Fsp3) is 0.250. The number of hydrogen-bond acceptors (Lipinski definition) is 4. The third-order valence-electron chi connectivity index (χ3n) is 6.76. The van der Waals surface area contributed by atoms with Crippen LogP contribution in [-0.2, 0) is 21.4 Å². The summed E-state index contributed by atoms with van der Waals surface area (Å²) in [4.78, 5) is 13.1. The Morgan fingerprint density at radius 3 is 2.31 bits per heavy atom. The number of fused-ring (bicyclic) bond motifs is 2. The van der Waals surface area contributed by atoms with Gasteiger partial charge in [-0.05, 0) is 70.3 Å². The quantitative estimate of drug-likeness (QED) is 0.426. The number of nitrogens with zero attached hydrogens (tertiary/aromatic N) is 1.